The highest BCUT2D eigenvalue weighted by molar-refractivity contribution is 6.33. The number of aromatic carboxylic acids is 1. The molecule has 180 valence electrons. The van der Waals surface area contributed by atoms with Gasteiger partial charge in [-0.05, 0) is 68.3 Å². The Morgan fingerprint density at radius 1 is 1.03 bits per heavy atom. The van der Waals surface area contributed by atoms with E-state index in [0.717, 1.165) is 31.2 Å². The van der Waals surface area contributed by atoms with Crippen LogP contribution in [0.2, 0.25) is 5.02 Å². The Balaban J connectivity index is 1.57. The maximum absolute atomic E-state index is 13.5. The van der Waals surface area contributed by atoms with Crippen molar-refractivity contribution in [1.29, 1.82) is 0 Å². The molecule has 0 radical (unpaired) electrons. The van der Waals surface area contributed by atoms with E-state index in [9.17, 15) is 19.5 Å². The number of benzene rings is 2. The number of likely N-dealkylation sites (tertiary alicyclic amines) is 1. The Morgan fingerprint density at radius 2 is 1.74 bits per heavy atom. The number of halogens is 1. The molecule has 7 nitrogen and oxygen atoms in total. The lowest BCUT2D eigenvalue weighted by Gasteiger charge is -2.33. The zero-order valence-electron chi connectivity index (χ0n) is 19.0. The Kier molecular flexibility index (Phi) is 7.54. The summed E-state index contributed by atoms with van der Waals surface area (Å²) in [6.45, 7) is 1.17. The van der Waals surface area contributed by atoms with Crippen molar-refractivity contribution < 1.29 is 19.5 Å². The minimum absolute atomic E-state index is 0.0346. The van der Waals surface area contributed by atoms with Crippen molar-refractivity contribution in [3.8, 4) is 0 Å². The molecule has 2 aromatic carbocycles. The first-order chi connectivity index (χ1) is 16.4. The molecule has 1 saturated heterocycles. The van der Waals surface area contributed by atoms with Crippen molar-refractivity contribution in [2.45, 2.75) is 44.1 Å². The van der Waals surface area contributed by atoms with Gasteiger partial charge in [0.2, 0.25) is 11.8 Å². The lowest BCUT2D eigenvalue weighted by atomic mass is 9.81. The van der Waals surface area contributed by atoms with Crippen LogP contribution in [0, 0.1) is 11.8 Å². The molecule has 0 spiro atoms. The molecule has 34 heavy (non-hydrogen) atoms. The third kappa shape index (κ3) is 5.10. The zero-order chi connectivity index (χ0) is 24.2. The van der Waals surface area contributed by atoms with E-state index >= 15 is 0 Å². The van der Waals surface area contributed by atoms with Gasteiger partial charge in [-0.25, -0.2) is 4.79 Å². The number of nitrogens with one attached hydrogen (secondary N) is 1. The van der Waals surface area contributed by atoms with Gasteiger partial charge in [0.25, 0.3) is 0 Å². The summed E-state index contributed by atoms with van der Waals surface area (Å²) in [4.78, 5) is 40.1. The van der Waals surface area contributed by atoms with E-state index in [1.165, 1.54) is 18.2 Å². The topological polar surface area (TPSA) is 113 Å². The van der Waals surface area contributed by atoms with Gasteiger partial charge in [-0.3, -0.25) is 9.59 Å². The van der Waals surface area contributed by atoms with E-state index in [0.29, 0.717) is 31.1 Å². The van der Waals surface area contributed by atoms with Crippen LogP contribution in [-0.2, 0) is 9.59 Å². The number of hydrogen-bond donors (Lipinski definition) is 3. The quantitative estimate of drug-likeness (QED) is 0.571. The molecule has 1 aliphatic heterocycles. The predicted octanol–water partition coefficient (Wildman–Crippen LogP) is 4.13. The van der Waals surface area contributed by atoms with Gasteiger partial charge in [-0.1, -0.05) is 41.9 Å². The molecule has 2 fully saturated rings. The average molecular weight is 484 g/mol. The number of carbonyl (C=O) groups is 3. The highest BCUT2D eigenvalue weighted by Gasteiger charge is 2.44. The van der Waals surface area contributed by atoms with Gasteiger partial charge in [0, 0.05) is 24.1 Å². The van der Waals surface area contributed by atoms with Gasteiger partial charge in [-0.2, -0.15) is 0 Å². The van der Waals surface area contributed by atoms with Gasteiger partial charge < -0.3 is 21.1 Å². The fraction of sp³-hybridized carbons (Fsp3) is 0.423. The van der Waals surface area contributed by atoms with Crippen LogP contribution in [0.1, 0.15) is 53.9 Å². The zero-order valence-corrected chi connectivity index (χ0v) is 19.7. The van der Waals surface area contributed by atoms with Crippen LogP contribution in [0.5, 0.6) is 0 Å². The maximum atomic E-state index is 13.5. The molecule has 0 aromatic heterocycles. The molecule has 1 saturated carbocycles. The number of amides is 2. The van der Waals surface area contributed by atoms with Crippen molar-refractivity contribution >= 4 is 35.1 Å². The molecule has 0 bridgehead atoms. The SMILES string of the molecule is NC[C@H]1CC[C@H](C(=O)N2CC[C@@H](c3ccccc3)[C@H]2C(=O)Nc2ccc(C(=O)O)c(Cl)c2)CC1. The van der Waals surface area contributed by atoms with Crippen LogP contribution in [0.15, 0.2) is 48.5 Å². The lowest BCUT2D eigenvalue weighted by Crippen LogP contribution is -2.48. The van der Waals surface area contributed by atoms with Crippen molar-refractivity contribution in [3.63, 3.8) is 0 Å². The summed E-state index contributed by atoms with van der Waals surface area (Å²) >= 11 is 6.09. The molecular weight excluding hydrogens is 454 g/mol. The Morgan fingerprint density at radius 3 is 2.35 bits per heavy atom. The number of carboxylic acid groups (broad SMARTS) is 1. The summed E-state index contributed by atoms with van der Waals surface area (Å²) < 4.78 is 0. The summed E-state index contributed by atoms with van der Waals surface area (Å²) in [7, 11) is 0. The number of nitrogens with two attached hydrogens (primary N) is 1. The molecule has 2 atom stereocenters. The predicted molar refractivity (Wildman–Crippen MR) is 131 cm³/mol. The minimum Gasteiger partial charge on any atom is -0.478 e. The largest absolute Gasteiger partial charge is 0.478 e. The van der Waals surface area contributed by atoms with Gasteiger partial charge >= 0.3 is 5.97 Å². The van der Waals surface area contributed by atoms with E-state index < -0.39 is 12.0 Å². The summed E-state index contributed by atoms with van der Waals surface area (Å²) in [6, 6.07) is 13.4. The molecule has 2 aromatic rings. The fourth-order valence-electron chi connectivity index (χ4n) is 5.28. The van der Waals surface area contributed by atoms with E-state index in [1.807, 2.05) is 30.3 Å². The van der Waals surface area contributed by atoms with E-state index in [4.69, 9.17) is 17.3 Å². The van der Waals surface area contributed by atoms with Crippen LogP contribution in [-0.4, -0.2) is 46.9 Å². The number of nitrogens with zero attached hydrogens (tertiary/aromatic N) is 1. The van der Waals surface area contributed by atoms with Gasteiger partial charge in [0.05, 0.1) is 10.6 Å². The van der Waals surface area contributed by atoms with E-state index in [-0.39, 0.29) is 34.2 Å². The Labute approximate surface area is 204 Å². The number of carbonyl (C=O) groups excluding carboxylic acids is 2. The van der Waals surface area contributed by atoms with Gasteiger partial charge in [0.1, 0.15) is 6.04 Å². The van der Waals surface area contributed by atoms with Crippen molar-refractivity contribution in [3.05, 3.63) is 64.7 Å². The van der Waals surface area contributed by atoms with Gasteiger partial charge in [-0.15, -0.1) is 0 Å². The molecule has 1 aliphatic carbocycles. The molecule has 2 aliphatic rings. The first-order valence-electron chi connectivity index (χ1n) is 11.8. The second-order valence-electron chi connectivity index (χ2n) is 9.22. The van der Waals surface area contributed by atoms with Crippen LogP contribution in [0.4, 0.5) is 5.69 Å². The standard InChI is InChI=1S/C26H30ClN3O4/c27-22-14-19(10-11-21(22)26(33)34)29-24(31)23-20(17-4-2-1-3-5-17)12-13-30(23)25(32)18-8-6-16(15-28)7-9-18/h1-5,10-11,14,16,18,20,23H,6-9,12-13,15,28H2,(H,29,31)(H,33,34)/t16-,18-,20-,23-/m0/s1. The van der Waals surface area contributed by atoms with Crippen LogP contribution < -0.4 is 11.1 Å². The van der Waals surface area contributed by atoms with Crippen molar-refractivity contribution in [2.75, 3.05) is 18.4 Å². The highest BCUT2D eigenvalue weighted by atomic mass is 35.5. The number of anilines is 1. The summed E-state index contributed by atoms with van der Waals surface area (Å²) in [5.74, 6) is -1.14. The van der Waals surface area contributed by atoms with Crippen molar-refractivity contribution in [2.24, 2.45) is 17.6 Å². The molecule has 1 heterocycles. The number of rotatable bonds is 6. The smallest absolute Gasteiger partial charge is 0.337 e. The fourth-order valence-corrected chi connectivity index (χ4v) is 5.54. The first kappa shape index (κ1) is 24.2. The third-order valence-corrected chi connectivity index (χ3v) is 7.49. The average Bonchev–Trinajstić information content (AvgIpc) is 3.29. The normalized spacial score (nSPS) is 24.6. The molecule has 4 rings (SSSR count). The highest BCUT2D eigenvalue weighted by Crippen LogP contribution is 2.38. The second kappa shape index (κ2) is 10.6. The monoisotopic (exact) mass is 483 g/mol. The second-order valence-corrected chi connectivity index (χ2v) is 9.63. The molecule has 0 unspecified atom stereocenters. The molecule has 2 amide bonds. The minimum atomic E-state index is -1.14. The summed E-state index contributed by atoms with van der Waals surface area (Å²) in [5, 5.41) is 12.1. The Bertz CT molecular complexity index is 1050. The number of hydrogen-bond acceptors (Lipinski definition) is 4. The first-order valence-corrected chi connectivity index (χ1v) is 12.2. The molecular formula is C26H30ClN3O4. The molecule has 4 N–H and O–H groups in total. The van der Waals surface area contributed by atoms with Gasteiger partial charge in [0.15, 0.2) is 0 Å². The third-order valence-electron chi connectivity index (χ3n) is 7.17. The van der Waals surface area contributed by atoms with Crippen LogP contribution >= 0.6 is 11.6 Å². The van der Waals surface area contributed by atoms with Crippen molar-refractivity contribution in [1.82, 2.24) is 4.90 Å². The Hall–Kier alpha value is -2.90. The van der Waals surface area contributed by atoms with E-state index in [1.54, 1.807) is 4.90 Å². The van der Waals surface area contributed by atoms with E-state index in [2.05, 4.69) is 5.32 Å². The van der Waals surface area contributed by atoms with Crippen LogP contribution in [0.3, 0.4) is 0 Å². The number of carboxylic acids is 1. The maximum Gasteiger partial charge on any atom is 0.337 e. The summed E-state index contributed by atoms with van der Waals surface area (Å²) in [6.07, 6.45) is 4.18. The molecule has 8 heteroatoms. The lowest BCUT2D eigenvalue weighted by molar-refractivity contribution is -0.141. The van der Waals surface area contributed by atoms with Crippen LogP contribution in [0.25, 0.3) is 0 Å². The summed E-state index contributed by atoms with van der Waals surface area (Å²) in [5.41, 5.74) is 7.19.